The molecule has 0 aliphatic carbocycles. The van der Waals surface area contributed by atoms with Crippen molar-refractivity contribution in [3.8, 4) is 5.75 Å². The Morgan fingerprint density at radius 1 is 1.12 bits per heavy atom. The van der Waals surface area contributed by atoms with Gasteiger partial charge in [-0.2, -0.15) is 0 Å². The highest BCUT2D eigenvalue weighted by Gasteiger charge is 2.21. The summed E-state index contributed by atoms with van der Waals surface area (Å²) in [5, 5.41) is 3.67. The maximum absolute atomic E-state index is 12.5. The van der Waals surface area contributed by atoms with Crippen LogP contribution >= 0.6 is 11.6 Å². The first-order chi connectivity index (χ1) is 12.2. The van der Waals surface area contributed by atoms with Crippen molar-refractivity contribution in [3.63, 3.8) is 0 Å². The largest absolute Gasteiger partial charge is 0.494 e. The molecule has 1 fully saturated rings. The fourth-order valence-corrected chi connectivity index (χ4v) is 3.06. The second-order valence-electron chi connectivity index (χ2n) is 5.84. The molecule has 2 amide bonds. The van der Waals surface area contributed by atoms with Crippen molar-refractivity contribution in [2.45, 2.75) is 6.92 Å². The van der Waals surface area contributed by atoms with Crippen LogP contribution in [0.2, 0.25) is 5.02 Å². The molecule has 1 N–H and O–H groups in total. The van der Waals surface area contributed by atoms with Gasteiger partial charge in [0.1, 0.15) is 5.75 Å². The Morgan fingerprint density at radius 3 is 2.60 bits per heavy atom. The molecule has 1 aliphatic rings. The maximum atomic E-state index is 12.5. The molecule has 2 aromatic rings. The van der Waals surface area contributed by atoms with Gasteiger partial charge in [-0.1, -0.05) is 23.7 Å². The zero-order valence-corrected chi connectivity index (χ0v) is 15.0. The highest BCUT2D eigenvalue weighted by atomic mass is 35.5. The molecular weight excluding hydrogens is 338 g/mol. The third kappa shape index (κ3) is 4.57. The minimum atomic E-state index is -0.0839. The van der Waals surface area contributed by atoms with Gasteiger partial charge in [0.15, 0.2) is 0 Å². The molecule has 1 aliphatic heterocycles. The third-order valence-electron chi connectivity index (χ3n) is 4.14. The summed E-state index contributed by atoms with van der Waals surface area (Å²) in [7, 11) is 0. The molecule has 0 bridgehead atoms. The number of benzene rings is 2. The van der Waals surface area contributed by atoms with E-state index in [2.05, 4.69) is 10.2 Å². The predicted molar refractivity (Wildman–Crippen MR) is 102 cm³/mol. The standard InChI is InChI=1S/C19H22ClN3O2/c1-2-25-18-8-4-6-16(14-18)21-19(24)23-11-9-22(10-12-23)17-7-3-5-15(20)13-17/h3-8,13-14H,2,9-12H2,1H3,(H,21,24). The number of nitrogens with zero attached hydrogens (tertiary/aromatic N) is 2. The van der Waals surface area contributed by atoms with Crippen molar-refractivity contribution in [1.29, 1.82) is 0 Å². The number of anilines is 2. The molecule has 0 saturated carbocycles. The fraction of sp³-hybridized carbons (Fsp3) is 0.316. The topological polar surface area (TPSA) is 44.8 Å². The van der Waals surface area contributed by atoms with Crippen LogP contribution in [0.3, 0.4) is 0 Å². The van der Waals surface area contributed by atoms with Gasteiger partial charge in [-0.05, 0) is 37.3 Å². The van der Waals surface area contributed by atoms with Crippen LogP contribution in [0.1, 0.15) is 6.92 Å². The van der Waals surface area contributed by atoms with Crippen LogP contribution in [0.15, 0.2) is 48.5 Å². The fourth-order valence-electron chi connectivity index (χ4n) is 2.87. The Kier molecular flexibility index (Phi) is 5.66. The van der Waals surface area contributed by atoms with Gasteiger partial charge in [0.25, 0.3) is 0 Å². The van der Waals surface area contributed by atoms with Crippen molar-refractivity contribution in [2.75, 3.05) is 43.0 Å². The van der Waals surface area contributed by atoms with E-state index in [1.54, 1.807) is 0 Å². The first-order valence-electron chi connectivity index (χ1n) is 8.45. The van der Waals surface area contributed by atoms with E-state index in [4.69, 9.17) is 16.3 Å². The van der Waals surface area contributed by atoms with Gasteiger partial charge in [-0.15, -0.1) is 0 Å². The van der Waals surface area contributed by atoms with Crippen molar-refractivity contribution in [1.82, 2.24) is 4.90 Å². The average Bonchev–Trinajstić information content (AvgIpc) is 2.62. The van der Waals surface area contributed by atoms with Crippen molar-refractivity contribution in [3.05, 3.63) is 53.6 Å². The Hall–Kier alpha value is -2.40. The minimum Gasteiger partial charge on any atom is -0.494 e. The summed E-state index contributed by atoms with van der Waals surface area (Å²) in [6.07, 6.45) is 0. The number of hydrogen-bond donors (Lipinski definition) is 1. The zero-order valence-electron chi connectivity index (χ0n) is 14.2. The summed E-state index contributed by atoms with van der Waals surface area (Å²) < 4.78 is 5.46. The summed E-state index contributed by atoms with van der Waals surface area (Å²) in [4.78, 5) is 16.5. The summed E-state index contributed by atoms with van der Waals surface area (Å²) in [6.45, 7) is 5.44. The van der Waals surface area contributed by atoms with Crippen molar-refractivity contribution >= 4 is 29.0 Å². The normalized spacial score (nSPS) is 14.3. The minimum absolute atomic E-state index is 0.0839. The lowest BCUT2D eigenvalue weighted by Gasteiger charge is -2.36. The van der Waals surface area contributed by atoms with Crippen LogP contribution in [-0.2, 0) is 0 Å². The van der Waals surface area contributed by atoms with E-state index in [1.807, 2.05) is 60.4 Å². The average molecular weight is 360 g/mol. The van der Waals surface area contributed by atoms with Gasteiger partial charge in [-0.3, -0.25) is 0 Å². The molecular formula is C19H22ClN3O2. The molecule has 6 heteroatoms. The molecule has 0 spiro atoms. The second kappa shape index (κ2) is 8.12. The second-order valence-corrected chi connectivity index (χ2v) is 6.28. The van der Waals surface area contributed by atoms with Gasteiger partial charge in [-0.25, -0.2) is 4.79 Å². The number of hydrogen-bond acceptors (Lipinski definition) is 3. The Labute approximate surface area is 153 Å². The van der Waals surface area contributed by atoms with Crippen molar-refractivity contribution in [2.24, 2.45) is 0 Å². The molecule has 1 saturated heterocycles. The molecule has 0 atom stereocenters. The number of amides is 2. The number of carbonyl (C=O) groups excluding carboxylic acids is 1. The zero-order chi connectivity index (χ0) is 17.6. The van der Waals surface area contributed by atoms with E-state index < -0.39 is 0 Å². The van der Waals surface area contributed by atoms with E-state index in [-0.39, 0.29) is 6.03 Å². The summed E-state index contributed by atoms with van der Waals surface area (Å²) in [5.74, 6) is 0.756. The van der Waals surface area contributed by atoms with E-state index >= 15 is 0 Å². The third-order valence-corrected chi connectivity index (χ3v) is 4.37. The lowest BCUT2D eigenvalue weighted by atomic mass is 10.2. The highest BCUT2D eigenvalue weighted by Crippen LogP contribution is 2.21. The van der Waals surface area contributed by atoms with Gasteiger partial charge in [0, 0.05) is 48.6 Å². The number of urea groups is 1. The molecule has 132 valence electrons. The molecule has 0 aromatic heterocycles. The molecule has 25 heavy (non-hydrogen) atoms. The Morgan fingerprint density at radius 2 is 1.88 bits per heavy atom. The SMILES string of the molecule is CCOc1cccc(NC(=O)N2CCN(c3cccc(Cl)c3)CC2)c1. The highest BCUT2D eigenvalue weighted by molar-refractivity contribution is 6.30. The quantitative estimate of drug-likeness (QED) is 0.894. The van der Waals surface area contributed by atoms with Crippen LogP contribution in [0.4, 0.5) is 16.2 Å². The van der Waals surface area contributed by atoms with E-state index in [0.717, 1.165) is 35.2 Å². The first-order valence-corrected chi connectivity index (χ1v) is 8.83. The van der Waals surface area contributed by atoms with Gasteiger partial charge in [0.2, 0.25) is 0 Å². The Balaban J connectivity index is 1.55. The number of ether oxygens (including phenoxy) is 1. The lowest BCUT2D eigenvalue weighted by Crippen LogP contribution is -2.50. The number of rotatable bonds is 4. The van der Waals surface area contributed by atoms with Crippen LogP contribution in [0.5, 0.6) is 5.75 Å². The van der Waals surface area contributed by atoms with Crippen LogP contribution in [-0.4, -0.2) is 43.7 Å². The molecule has 2 aromatic carbocycles. The van der Waals surface area contributed by atoms with Gasteiger partial charge in [0.05, 0.1) is 6.61 Å². The summed E-state index contributed by atoms with van der Waals surface area (Å²) >= 11 is 6.06. The number of carbonyl (C=O) groups is 1. The lowest BCUT2D eigenvalue weighted by molar-refractivity contribution is 0.208. The predicted octanol–water partition coefficient (Wildman–Crippen LogP) is 4.09. The number of piperazine rings is 1. The molecule has 1 heterocycles. The van der Waals surface area contributed by atoms with Crippen molar-refractivity contribution < 1.29 is 9.53 Å². The van der Waals surface area contributed by atoms with E-state index in [0.29, 0.717) is 19.7 Å². The first kappa shape index (κ1) is 17.4. The van der Waals surface area contributed by atoms with Crippen LogP contribution in [0, 0.1) is 0 Å². The summed E-state index contributed by atoms with van der Waals surface area (Å²) in [5.41, 5.74) is 1.84. The maximum Gasteiger partial charge on any atom is 0.321 e. The molecule has 3 rings (SSSR count). The Bertz CT molecular complexity index is 730. The van der Waals surface area contributed by atoms with Gasteiger partial charge >= 0.3 is 6.03 Å². The monoisotopic (exact) mass is 359 g/mol. The number of halogens is 1. The van der Waals surface area contributed by atoms with E-state index in [1.165, 1.54) is 0 Å². The molecule has 0 unspecified atom stereocenters. The smallest absolute Gasteiger partial charge is 0.321 e. The molecule has 0 radical (unpaired) electrons. The number of nitrogens with one attached hydrogen (secondary N) is 1. The van der Waals surface area contributed by atoms with E-state index in [9.17, 15) is 4.79 Å². The summed E-state index contributed by atoms with van der Waals surface area (Å²) in [6, 6.07) is 15.2. The van der Waals surface area contributed by atoms with Gasteiger partial charge < -0.3 is 19.9 Å². The van der Waals surface area contributed by atoms with Crippen LogP contribution in [0.25, 0.3) is 0 Å². The van der Waals surface area contributed by atoms with Crippen LogP contribution < -0.4 is 15.0 Å². The molecule has 5 nitrogen and oxygen atoms in total.